The molecule has 2 aliphatic rings. The third-order valence-electron chi connectivity index (χ3n) is 4.51. The van der Waals surface area contributed by atoms with Gasteiger partial charge in [0.15, 0.2) is 0 Å². The predicted octanol–water partition coefficient (Wildman–Crippen LogP) is 2.53. The number of sulfone groups is 1. The highest BCUT2D eigenvalue weighted by atomic mass is 35.5. The summed E-state index contributed by atoms with van der Waals surface area (Å²) in [6.45, 7) is 5.55. The highest BCUT2D eigenvalue weighted by molar-refractivity contribution is 8.08. The van der Waals surface area contributed by atoms with E-state index in [2.05, 4.69) is 12.0 Å². The van der Waals surface area contributed by atoms with Crippen LogP contribution in [0.2, 0.25) is 5.02 Å². The summed E-state index contributed by atoms with van der Waals surface area (Å²) >= 11 is 5.98. The van der Waals surface area contributed by atoms with Crippen LogP contribution in [0.25, 0.3) is 0 Å². The Hall–Kier alpha value is -1.60. The van der Waals surface area contributed by atoms with E-state index in [0.717, 1.165) is 12.8 Å². The summed E-state index contributed by atoms with van der Waals surface area (Å²) in [6, 6.07) is 4.52. The molecule has 0 radical (unpaired) electrons. The van der Waals surface area contributed by atoms with Crippen LogP contribution in [-0.2, 0) is 14.6 Å². The molecule has 1 aromatic rings. The van der Waals surface area contributed by atoms with E-state index in [4.69, 9.17) is 11.6 Å². The minimum absolute atomic E-state index is 0.0810. The van der Waals surface area contributed by atoms with Gasteiger partial charge in [0.25, 0.3) is 5.91 Å². The van der Waals surface area contributed by atoms with Crippen LogP contribution in [0.3, 0.4) is 0 Å². The van der Waals surface area contributed by atoms with Crippen LogP contribution in [0.4, 0.5) is 5.69 Å². The van der Waals surface area contributed by atoms with Crippen LogP contribution >= 0.6 is 11.6 Å². The lowest BCUT2D eigenvalue weighted by atomic mass is 9.99. The van der Waals surface area contributed by atoms with Crippen molar-refractivity contribution in [2.45, 2.75) is 31.6 Å². The molecular weight excluding hydrogens is 350 g/mol. The number of hydrogen-bond acceptors (Lipinski definition) is 5. The number of anilines is 1. The van der Waals surface area contributed by atoms with E-state index >= 15 is 0 Å². The zero-order valence-corrected chi connectivity index (χ0v) is 15.3. The lowest BCUT2D eigenvalue weighted by molar-refractivity contribution is -0.125. The van der Waals surface area contributed by atoms with Crippen molar-refractivity contribution in [3.8, 4) is 0 Å². The molecule has 0 bridgehead atoms. The SMILES string of the molecule is CCN1N=C(C(=O)N2CCC(C)CC2)S(=O)(=O)c2ccc(Cl)cc21. The number of hydrogen-bond donors (Lipinski definition) is 0. The molecule has 0 unspecified atom stereocenters. The number of halogens is 1. The van der Waals surface area contributed by atoms with E-state index < -0.39 is 20.8 Å². The van der Waals surface area contributed by atoms with Crippen LogP contribution in [0, 0.1) is 5.92 Å². The van der Waals surface area contributed by atoms with E-state index in [1.807, 2.05) is 6.92 Å². The molecule has 130 valence electrons. The fourth-order valence-electron chi connectivity index (χ4n) is 2.99. The highest BCUT2D eigenvalue weighted by Gasteiger charge is 2.39. The standard InChI is InChI=1S/C16H20ClN3O3S/c1-3-20-13-10-12(17)4-5-14(13)24(22,23)15(18-20)16(21)19-8-6-11(2)7-9-19/h4-5,10-11H,3,6-9H2,1-2H3. The highest BCUT2D eigenvalue weighted by Crippen LogP contribution is 2.34. The maximum Gasteiger partial charge on any atom is 0.286 e. The molecule has 6 nitrogen and oxygen atoms in total. The summed E-state index contributed by atoms with van der Waals surface area (Å²) in [5.74, 6) is 0.0370. The topological polar surface area (TPSA) is 70.1 Å². The fourth-order valence-corrected chi connectivity index (χ4v) is 4.61. The predicted molar refractivity (Wildman–Crippen MR) is 94.1 cm³/mol. The number of hydrazone groups is 1. The van der Waals surface area contributed by atoms with Gasteiger partial charge in [-0.1, -0.05) is 18.5 Å². The third kappa shape index (κ3) is 2.91. The Balaban J connectivity index is 2.01. The number of carbonyl (C=O) groups is 1. The number of fused-ring (bicyclic) bond motifs is 1. The normalized spacial score (nSPS) is 20.5. The third-order valence-corrected chi connectivity index (χ3v) is 6.43. The first-order valence-electron chi connectivity index (χ1n) is 8.04. The quantitative estimate of drug-likeness (QED) is 0.803. The van der Waals surface area contributed by atoms with Gasteiger partial charge >= 0.3 is 0 Å². The van der Waals surface area contributed by atoms with Crippen LogP contribution in [0.5, 0.6) is 0 Å². The minimum Gasteiger partial charge on any atom is -0.337 e. The van der Waals surface area contributed by atoms with Gasteiger partial charge in [0, 0.05) is 24.7 Å². The van der Waals surface area contributed by atoms with E-state index in [1.165, 1.54) is 17.1 Å². The number of carbonyl (C=O) groups excluding carboxylic acids is 1. The second-order valence-corrected chi connectivity index (χ2v) is 8.48. The molecule has 24 heavy (non-hydrogen) atoms. The molecule has 0 saturated carbocycles. The summed E-state index contributed by atoms with van der Waals surface area (Å²) in [6.07, 6.45) is 1.76. The molecule has 2 heterocycles. The van der Waals surface area contributed by atoms with Crippen LogP contribution in [0.15, 0.2) is 28.2 Å². The van der Waals surface area contributed by atoms with Crippen molar-refractivity contribution in [3.05, 3.63) is 23.2 Å². The summed E-state index contributed by atoms with van der Waals surface area (Å²) in [5, 5.41) is 5.69. The number of benzene rings is 1. The van der Waals surface area contributed by atoms with Crippen molar-refractivity contribution < 1.29 is 13.2 Å². The number of likely N-dealkylation sites (tertiary alicyclic amines) is 1. The minimum atomic E-state index is -3.95. The van der Waals surface area contributed by atoms with Gasteiger partial charge in [-0.3, -0.25) is 9.80 Å². The van der Waals surface area contributed by atoms with Gasteiger partial charge in [0.2, 0.25) is 14.9 Å². The van der Waals surface area contributed by atoms with Crippen molar-refractivity contribution in [2.75, 3.05) is 24.6 Å². The molecule has 1 saturated heterocycles. The number of rotatable bonds is 2. The van der Waals surface area contributed by atoms with Crippen molar-refractivity contribution in [1.82, 2.24) is 4.90 Å². The number of piperidine rings is 1. The van der Waals surface area contributed by atoms with Crippen molar-refractivity contribution in [3.63, 3.8) is 0 Å². The van der Waals surface area contributed by atoms with E-state index in [9.17, 15) is 13.2 Å². The van der Waals surface area contributed by atoms with Gasteiger partial charge in [0.05, 0.1) is 10.6 Å². The average Bonchev–Trinajstić information content (AvgIpc) is 2.55. The van der Waals surface area contributed by atoms with E-state index in [0.29, 0.717) is 36.3 Å². The second kappa shape index (κ2) is 6.37. The van der Waals surface area contributed by atoms with Crippen molar-refractivity contribution >= 4 is 38.1 Å². The molecule has 0 atom stereocenters. The van der Waals surface area contributed by atoms with Gasteiger partial charge in [-0.25, -0.2) is 8.42 Å². The van der Waals surface area contributed by atoms with Crippen molar-refractivity contribution in [1.29, 1.82) is 0 Å². The Morgan fingerprint density at radius 3 is 2.62 bits per heavy atom. The molecule has 2 aliphatic heterocycles. The zero-order chi connectivity index (χ0) is 17.5. The van der Waals surface area contributed by atoms with E-state index in [-0.39, 0.29) is 4.90 Å². The molecule has 0 aromatic heterocycles. The number of nitrogens with zero attached hydrogens (tertiary/aromatic N) is 3. The molecule has 1 aromatic carbocycles. The Bertz CT molecular complexity index is 799. The largest absolute Gasteiger partial charge is 0.337 e. The first kappa shape index (κ1) is 17.2. The Labute approximate surface area is 147 Å². The molecule has 0 spiro atoms. The van der Waals surface area contributed by atoms with Crippen LogP contribution in [0.1, 0.15) is 26.7 Å². The maximum atomic E-state index is 12.9. The molecule has 8 heteroatoms. The molecule has 1 amide bonds. The van der Waals surface area contributed by atoms with Gasteiger partial charge in [-0.15, -0.1) is 0 Å². The van der Waals surface area contributed by atoms with Crippen LogP contribution in [-0.4, -0.2) is 43.9 Å². The maximum absolute atomic E-state index is 12.9. The Morgan fingerprint density at radius 1 is 1.33 bits per heavy atom. The second-order valence-electron chi connectivity index (χ2n) is 6.21. The van der Waals surface area contributed by atoms with Gasteiger partial charge in [-0.2, -0.15) is 5.10 Å². The summed E-state index contributed by atoms with van der Waals surface area (Å²) in [4.78, 5) is 14.4. The smallest absolute Gasteiger partial charge is 0.286 e. The summed E-state index contributed by atoms with van der Waals surface area (Å²) in [7, 11) is -3.95. The number of amides is 1. The molecule has 0 N–H and O–H groups in total. The van der Waals surface area contributed by atoms with Gasteiger partial charge in [-0.05, 0) is 43.9 Å². The Morgan fingerprint density at radius 2 is 2.00 bits per heavy atom. The summed E-state index contributed by atoms with van der Waals surface area (Å²) < 4.78 is 25.8. The van der Waals surface area contributed by atoms with Gasteiger partial charge < -0.3 is 4.90 Å². The monoisotopic (exact) mass is 369 g/mol. The molecule has 3 rings (SSSR count). The fraction of sp³-hybridized carbons (Fsp3) is 0.500. The lowest BCUT2D eigenvalue weighted by Crippen LogP contribution is -2.46. The van der Waals surface area contributed by atoms with Gasteiger partial charge in [0.1, 0.15) is 0 Å². The average molecular weight is 370 g/mol. The first-order chi connectivity index (χ1) is 11.3. The molecule has 0 aliphatic carbocycles. The molecule has 1 fully saturated rings. The zero-order valence-electron chi connectivity index (χ0n) is 13.7. The lowest BCUT2D eigenvalue weighted by Gasteiger charge is -2.32. The molecular formula is C16H20ClN3O3S. The summed E-state index contributed by atoms with van der Waals surface area (Å²) in [5.41, 5.74) is 0.411. The first-order valence-corrected chi connectivity index (χ1v) is 9.90. The van der Waals surface area contributed by atoms with Crippen molar-refractivity contribution in [2.24, 2.45) is 11.0 Å². The van der Waals surface area contributed by atoms with Crippen LogP contribution < -0.4 is 5.01 Å². The Kier molecular flexibility index (Phi) is 4.57. The van der Waals surface area contributed by atoms with E-state index in [1.54, 1.807) is 11.0 Å².